The van der Waals surface area contributed by atoms with Gasteiger partial charge in [-0.15, -0.1) is 0 Å². The zero-order valence-electron chi connectivity index (χ0n) is 12.1. The zero-order chi connectivity index (χ0) is 15.0. The predicted molar refractivity (Wildman–Crippen MR) is 83.4 cm³/mol. The Hall–Kier alpha value is -1.37. The van der Waals surface area contributed by atoms with Crippen molar-refractivity contribution < 1.29 is 4.79 Å². The highest BCUT2D eigenvalue weighted by Crippen LogP contribution is 2.28. The molecule has 0 radical (unpaired) electrons. The second-order valence-corrected chi connectivity index (χ2v) is 6.47. The maximum absolute atomic E-state index is 11.9. The molecule has 2 aliphatic rings. The fraction of sp³-hybridized carbons (Fsp3) is 0.643. The number of halogens is 1. The van der Waals surface area contributed by atoms with Crippen LogP contribution in [0.3, 0.4) is 0 Å². The van der Waals surface area contributed by atoms with Crippen molar-refractivity contribution in [1.29, 1.82) is 0 Å². The third-order valence-corrected chi connectivity index (χ3v) is 5.16. The maximum Gasteiger partial charge on any atom is 0.282 e. The molecule has 21 heavy (non-hydrogen) atoms. The van der Waals surface area contributed by atoms with Gasteiger partial charge < -0.3 is 9.80 Å². The van der Waals surface area contributed by atoms with E-state index in [1.807, 2.05) is 4.90 Å². The van der Waals surface area contributed by atoms with Crippen LogP contribution in [0.5, 0.6) is 0 Å². The third kappa shape index (κ3) is 2.71. The molecule has 6 nitrogen and oxygen atoms in total. The van der Waals surface area contributed by atoms with Gasteiger partial charge >= 0.3 is 0 Å². The normalized spacial score (nSPS) is 20.4. The van der Waals surface area contributed by atoms with Crippen molar-refractivity contribution in [3.05, 3.63) is 21.0 Å². The molecule has 3 rings (SSSR count). The minimum Gasteiger partial charge on any atom is -0.369 e. The summed E-state index contributed by atoms with van der Waals surface area (Å²) < 4.78 is 1.89. The van der Waals surface area contributed by atoms with Crippen molar-refractivity contribution in [3.63, 3.8) is 0 Å². The van der Waals surface area contributed by atoms with Crippen LogP contribution in [0.2, 0.25) is 0 Å². The number of anilines is 1. The molecule has 0 spiro atoms. The van der Waals surface area contributed by atoms with Crippen molar-refractivity contribution >= 4 is 27.5 Å². The van der Waals surface area contributed by atoms with Crippen LogP contribution in [0.4, 0.5) is 5.69 Å². The zero-order valence-corrected chi connectivity index (χ0v) is 13.7. The lowest BCUT2D eigenvalue weighted by Gasteiger charge is -2.37. The number of aromatic nitrogens is 2. The van der Waals surface area contributed by atoms with Crippen LogP contribution in [0.15, 0.2) is 15.5 Å². The standard InChI is InChI=1S/C14H19BrN4O2/c1-17-14(21)13(15)11(9-16-17)18-7-4-10(5-8-18)19-6-2-3-12(19)20/h9-10H,2-8H2,1H3. The van der Waals surface area contributed by atoms with Crippen molar-refractivity contribution in [3.8, 4) is 0 Å². The van der Waals surface area contributed by atoms with Gasteiger partial charge in [-0.05, 0) is 35.2 Å². The van der Waals surface area contributed by atoms with Crippen LogP contribution < -0.4 is 10.5 Å². The Balaban J connectivity index is 1.70. The summed E-state index contributed by atoms with van der Waals surface area (Å²) in [7, 11) is 1.64. The summed E-state index contributed by atoms with van der Waals surface area (Å²) in [6, 6.07) is 0.356. The molecule has 1 aromatic heterocycles. The number of amides is 1. The summed E-state index contributed by atoms with van der Waals surface area (Å²) in [5, 5.41) is 4.09. The van der Waals surface area contributed by atoms with Gasteiger partial charge in [0.05, 0.1) is 11.9 Å². The molecule has 2 fully saturated rings. The van der Waals surface area contributed by atoms with Gasteiger partial charge in [0.15, 0.2) is 0 Å². The van der Waals surface area contributed by atoms with Gasteiger partial charge in [0.2, 0.25) is 5.91 Å². The van der Waals surface area contributed by atoms with Crippen LogP contribution in [-0.4, -0.2) is 46.3 Å². The van der Waals surface area contributed by atoms with Crippen LogP contribution in [0.1, 0.15) is 25.7 Å². The van der Waals surface area contributed by atoms with Crippen molar-refractivity contribution in [1.82, 2.24) is 14.7 Å². The lowest BCUT2D eigenvalue weighted by molar-refractivity contribution is -0.130. The van der Waals surface area contributed by atoms with Gasteiger partial charge in [0.25, 0.3) is 5.56 Å². The highest BCUT2D eigenvalue weighted by Gasteiger charge is 2.31. The molecule has 0 bridgehead atoms. The molecular formula is C14H19BrN4O2. The summed E-state index contributed by atoms with van der Waals surface area (Å²) in [4.78, 5) is 27.9. The molecule has 0 aromatic carbocycles. The van der Waals surface area contributed by atoms with E-state index in [0.29, 0.717) is 22.8 Å². The van der Waals surface area contributed by atoms with E-state index in [4.69, 9.17) is 0 Å². The Labute approximate surface area is 131 Å². The molecule has 2 aliphatic heterocycles. The van der Waals surface area contributed by atoms with Crippen LogP contribution in [0.25, 0.3) is 0 Å². The average molecular weight is 355 g/mol. The number of hydrogen-bond donors (Lipinski definition) is 0. The molecule has 3 heterocycles. The number of likely N-dealkylation sites (tertiary alicyclic amines) is 1. The van der Waals surface area contributed by atoms with E-state index in [1.165, 1.54) is 4.68 Å². The summed E-state index contributed by atoms with van der Waals surface area (Å²) in [6.07, 6.45) is 5.32. The second-order valence-electron chi connectivity index (χ2n) is 5.68. The summed E-state index contributed by atoms with van der Waals surface area (Å²) >= 11 is 3.38. The van der Waals surface area contributed by atoms with Crippen LogP contribution >= 0.6 is 15.9 Å². The minimum absolute atomic E-state index is 0.121. The largest absolute Gasteiger partial charge is 0.369 e. The minimum atomic E-state index is -0.121. The van der Waals surface area contributed by atoms with Crippen LogP contribution in [0, 0.1) is 0 Å². The number of carbonyl (C=O) groups excluding carboxylic acids is 1. The first-order chi connectivity index (χ1) is 10.1. The molecule has 114 valence electrons. The first-order valence-corrected chi connectivity index (χ1v) is 8.13. The number of hydrogen-bond acceptors (Lipinski definition) is 4. The molecule has 0 N–H and O–H groups in total. The van der Waals surface area contributed by atoms with Gasteiger partial charge in [-0.2, -0.15) is 5.10 Å². The van der Waals surface area contributed by atoms with E-state index in [0.717, 1.165) is 44.6 Å². The Morgan fingerprint density at radius 3 is 2.57 bits per heavy atom. The lowest BCUT2D eigenvalue weighted by Crippen LogP contribution is -2.45. The summed E-state index contributed by atoms with van der Waals surface area (Å²) in [5.74, 6) is 0.296. The van der Waals surface area contributed by atoms with Gasteiger partial charge in [-0.1, -0.05) is 0 Å². The molecular weight excluding hydrogens is 336 g/mol. The first kappa shape index (κ1) is 14.6. The fourth-order valence-electron chi connectivity index (χ4n) is 3.20. The van der Waals surface area contributed by atoms with E-state index in [2.05, 4.69) is 25.9 Å². The third-order valence-electron chi connectivity index (χ3n) is 4.42. The van der Waals surface area contributed by atoms with E-state index in [1.54, 1.807) is 13.2 Å². The molecule has 1 amide bonds. The topological polar surface area (TPSA) is 58.4 Å². The predicted octanol–water partition coefficient (Wildman–Crippen LogP) is 1.13. The molecule has 1 aromatic rings. The van der Waals surface area contributed by atoms with Crippen molar-refractivity contribution in [2.45, 2.75) is 31.7 Å². The molecule has 2 saturated heterocycles. The van der Waals surface area contributed by atoms with Gasteiger partial charge in [0.1, 0.15) is 4.47 Å². The number of piperidine rings is 1. The monoisotopic (exact) mass is 354 g/mol. The average Bonchev–Trinajstić information content (AvgIpc) is 2.91. The van der Waals surface area contributed by atoms with Crippen molar-refractivity contribution in [2.24, 2.45) is 7.05 Å². The number of rotatable bonds is 2. The van der Waals surface area contributed by atoms with E-state index in [-0.39, 0.29) is 5.56 Å². The van der Waals surface area contributed by atoms with Crippen LogP contribution in [-0.2, 0) is 11.8 Å². The lowest BCUT2D eigenvalue weighted by atomic mass is 10.0. The Morgan fingerprint density at radius 1 is 1.24 bits per heavy atom. The van der Waals surface area contributed by atoms with Crippen molar-refractivity contribution in [2.75, 3.05) is 24.5 Å². The highest BCUT2D eigenvalue weighted by atomic mass is 79.9. The SMILES string of the molecule is Cn1ncc(N2CCC(N3CCCC3=O)CC2)c(Br)c1=O. The summed E-state index contributed by atoms with van der Waals surface area (Å²) in [5.41, 5.74) is 0.730. The number of aryl methyl sites for hydroxylation is 1. The molecule has 0 unspecified atom stereocenters. The Bertz CT molecular complexity index is 607. The Morgan fingerprint density at radius 2 is 1.95 bits per heavy atom. The Kier molecular flexibility index (Phi) is 4.01. The number of nitrogens with zero attached hydrogens (tertiary/aromatic N) is 4. The highest BCUT2D eigenvalue weighted by molar-refractivity contribution is 9.10. The molecule has 7 heteroatoms. The fourth-order valence-corrected chi connectivity index (χ4v) is 3.81. The van der Waals surface area contributed by atoms with E-state index in [9.17, 15) is 9.59 Å². The molecule has 0 saturated carbocycles. The maximum atomic E-state index is 11.9. The molecule has 0 aliphatic carbocycles. The van der Waals surface area contributed by atoms with Gasteiger partial charge in [0, 0.05) is 39.1 Å². The van der Waals surface area contributed by atoms with Gasteiger partial charge in [-0.25, -0.2) is 4.68 Å². The second kappa shape index (κ2) is 5.79. The van der Waals surface area contributed by atoms with E-state index < -0.39 is 0 Å². The van der Waals surface area contributed by atoms with E-state index >= 15 is 0 Å². The smallest absolute Gasteiger partial charge is 0.282 e. The number of carbonyl (C=O) groups is 1. The summed E-state index contributed by atoms with van der Waals surface area (Å²) in [6.45, 7) is 2.60. The first-order valence-electron chi connectivity index (χ1n) is 7.34. The quantitative estimate of drug-likeness (QED) is 0.798. The van der Waals surface area contributed by atoms with Gasteiger partial charge in [-0.3, -0.25) is 9.59 Å². The molecule has 0 atom stereocenters.